The Morgan fingerprint density at radius 1 is 1.41 bits per heavy atom. The van der Waals surface area contributed by atoms with Gasteiger partial charge in [-0.05, 0) is 56.0 Å². The summed E-state index contributed by atoms with van der Waals surface area (Å²) in [5.74, 6) is -0.0947. The first-order valence-electron chi connectivity index (χ1n) is 10.4. The Kier molecular flexibility index (Phi) is 7.19. The molecular formula is C21H29N5O2S. The minimum Gasteiger partial charge on any atom is -0.494 e. The number of piperidine rings is 1. The predicted octanol–water partition coefficient (Wildman–Crippen LogP) is 4.15. The second kappa shape index (κ2) is 9.82. The van der Waals surface area contributed by atoms with Crippen molar-refractivity contribution in [3.63, 3.8) is 0 Å². The van der Waals surface area contributed by atoms with Crippen molar-refractivity contribution in [1.82, 2.24) is 19.5 Å². The van der Waals surface area contributed by atoms with Crippen LogP contribution in [0, 0.1) is 4.77 Å². The van der Waals surface area contributed by atoms with Gasteiger partial charge in [0.25, 0.3) is 5.56 Å². The highest BCUT2D eigenvalue weighted by atomic mass is 32.1. The quantitative estimate of drug-likeness (QED) is 0.524. The summed E-state index contributed by atoms with van der Waals surface area (Å²) in [5, 5.41) is 17.7. The minimum absolute atomic E-state index is 0.0947. The van der Waals surface area contributed by atoms with E-state index in [0.717, 1.165) is 44.2 Å². The first-order chi connectivity index (χ1) is 14.1. The van der Waals surface area contributed by atoms with Gasteiger partial charge in [0.2, 0.25) is 5.88 Å². The van der Waals surface area contributed by atoms with Crippen LogP contribution in [0.15, 0.2) is 34.4 Å². The number of hydrazone groups is 1. The number of aromatic hydroxyl groups is 1. The van der Waals surface area contributed by atoms with Crippen LogP contribution in [0.5, 0.6) is 5.88 Å². The van der Waals surface area contributed by atoms with Crippen LogP contribution in [-0.4, -0.2) is 36.9 Å². The number of H-pyrrole nitrogens is 1. The lowest BCUT2D eigenvalue weighted by molar-refractivity contribution is 0.154. The lowest BCUT2D eigenvalue weighted by Gasteiger charge is -2.34. The fraction of sp³-hybridized carbons (Fsp3) is 0.524. The number of hydrogen-bond donors (Lipinski definition) is 2. The molecule has 2 aromatic heterocycles. The van der Waals surface area contributed by atoms with Crippen LogP contribution < -0.4 is 5.56 Å². The SMILES string of the molecule is CCCCn1c(O)c(C(CC)=NN2CCCCC2c2cccnc2)c(=O)[nH]c1=S. The fourth-order valence-electron chi connectivity index (χ4n) is 3.74. The smallest absolute Gasteiger partial charge is 0.264 e. The molecule has 0 aliphatic carbocycles. The average Bonchev–Trinajstić information content (AvgIpc) is 2.73. The zero-order chi connectivity index (χ0) is 20.8. The Labute approximate surface area is 176 Å². The van der Waals surface area contributed by atoms with Gasteiger partial charge in [-0.3, -0.25) is 24.3 Å². The Morgan fingerprint density at radius 2 is 2.24 bits per heavy atom. The maximum absolute atomic E-state index is 12.7. The molecule has 0 radical (unpaired) electrons. The molecule has 2 aromatic rings. The summed E-state index contributed by atoms with van der Waals surface area (Å²) < 4.78 is 1.83. The molecule has 1 atom stereocenters. The highest BCUT2D eigenvalue weighted by Gasteiger charge is 2.25. The lowest BCUT2D eigenvalue weighted by Crippen LogP contribution is -2.32. The molecule has 0 aromatic carbocycles. The fourth-order valence-corrected chi connectivity index (χ4v) is 4.01. The Bertz CT molecular complexity index is 967. The predicted molar refractivity (Wildman–Crippen MR) is 117 cm³/mol. The summed E-state index contributed by atoms with van der Waals surface area (Å²) in [6.07, 6.45) is 9.14. The molecule has 1 aliphatic rings. The lowest BCUT2D eigenvalue weighted by atomic mass is 9.98. The normalized spacial score (nSPS) is 17.5. The molecule has 7 nitrogen and oxygen atoms in total. The molecule has 0 bridgehead atoms. The van der Waals surface area contributed by atoms with Crippen LogP contribution in [0.1, 0.15) is 69.5 Å². The molecule has 2 N–H and O–H groups in total. The van der Waals surface area contributed by atoms with Gasteiger partial charge in [-0.2, -0.15) is 5.10 Å². The van der Waals surface area contributed by atoms with Crippen molar-refractivity contribution < 1.29 is 5.11 Å². The zero-order valence-corrected chi connectivity index (χ0v) is 17.9. The molecule has 8 heteroatoms. The number of unbranched alkanes of at least 4 members (excludes halogenated alkanes) is 1. The summed E-state index contributed by atoms with van der Waals surface area (Å²) in [4.78, 5) is 19.6. The van der Waals surface area contributed by atoms with Crippen molar-refractivity contribution in [3.05, 3.63) is 50.8 Å². The average molecular weight is 416 g/mol. The number of rotatable bonds is 7. The van der Waals surface area contributed by atoms with Gasteiger partial charge in [-0.25, -0.2) is 0 Å². The Hall–Kier alpha value is -2.48. The highest BCUT2D eigenvalue weighted by Crippen LogP contribution is 2.31. The molecule has 156 valence electrons. The third-order valence-corrected chi connectivity index (χ3v) is 5.65. The number of pyridine rings is 1. The van der Waals surface area contributed by atoms with Crippen molar-refractivity contribution in [1.29, 1.82) is 0 Å². The van der Waals surface area contributed by atoms with E-state index in [1.807, 2.05) is 24.2 Å². The van der Waals surface area contributed by atoms with E-state index in [9.17, 15) is 9.90 Å². The number of nitrogens with one attached hydrogen (secondary N) is 1. The van der Waals surface area contributed by atoms with E-state index in [4.69, 9.17) is 17.3 Å². The van der Waals surface area contributed by atoms with Gasteiger partial charge in [0.15, 0.2) is 4.77 Å². The van der Waals surface area contributed by atoms with Gasteiger partial charge in [0, 0.05) is 25.5 Å². The van der Waals surface area contributed by atoms with Crippen LogP contribution >= 0.6 is 12.2 Å². The van der Waals surface area contributed by atoms with E-state index < -0.39 is 5.56 Å². The van der Waals surface area contributed by atoms with Crippen molar-refractivity contribution >= 4 is 17.9 Å². The Balaban J connectivity index is 2.03. The van der Waals surface area contributed by atoms with E-state index >= 15 is 0 Å². The van der Waals surface area contributed by atoms with E-state index in [1.165, 1.54) is 0 Å². The number of aromatic amines is 1. The van der Waals surface area contributed by atoms with Gasteiger partial charge in [0.1, 0.15) is 5.56 Å². The van der Waals surface area contributed by atoms with Crippen LogP contribution in [0.2, 0.25) is 0 Å². The first kappa shape index (κ1) is 21.2. The summed E-state index contributed by atoms with van der Waals surface area (Å²) in [7, 11) is 0. The molecule has 1 unspecified atom stereocenters. The second-order valence-corrected chi connectivity index (χ2v) is 7.71. The van der Waals surface area contributed by atoms with E-state index in [2.05, 4.69) is 23.0 Å². The Morgan fingerprint density at radius 3 is 2.93 bits per heavy atom. The van der Waals surface area contributed by atoms with Gasteiger partial charge in [-0.1, -0.05) is 26.3 Å². The number of hydrogen-bond acceptors (Lipinski definition) is 6. The van der Waals surface area contributed by atoms with Crippen molar-refractivity contribution in [2.75, 3.05) is 6.54 Å². The summed E-state index contributed by atoms with van der Waals surface area (Å²) in [6, 6.07) is 4.11. The molecule has 1 aliphatic heterocycles. The molecule has 29 heavy (non-hydrogen) atoms. The summed E-state index contributed by atoms with van der Waals surface area (Å²) in [5.41, 5.74) is 1.51. The minimum atomic E-state index is -0.393. The van der Waals surface area contributed by atoms with Crippen LogP contribution in [0.25, 0.3) is 0 Å². The topological polar surface area (TPSA) is 86.5 Å². The largest absolute Gasteiger partial charge is 0.494 e. The maximum Gasteiger partial charge on any atom is 0.264 e. The molecular weight excluding hydrogens is 386 g/mol. The molecule has 0 spiro atoms. The maximum atomic E-state index is 12.7. The molecule has 0 saturated carbocycles. The first-order valence-corrected chi connectivity index (χ1v) is 10.8. The number of aromatic nitrogens is 3. The zero-order valence-electron chi connectivity index (χ0n) is 17.1. The van der Waals surface area contributed by atoms with Crippen molar-refractivity contribution in [3.8, 4) is 5.88 Å². The van der Waals surface area contributed by atoms with Gasteiger partial charge < -0.3 is 5.11 Å². The van der Waals surface area contributed by atoms with E-state index in [0.29, 0.717) is 18.7 Å². The molecule has 3 heterocycles. The molecule has 1 saturated heterocycles. The highest BCUT2D eigenvalue weighted by molar-refractivity contribution is 7.71. The summed E-state index contributed by atoms with van der Waals surface area (Å²) in [6.45, 7) is 5.38. The molecule has 0 amide bonds. The monoisotopic (exact) mass is 415 g/mol. The molecule has 1 fully saturated rings. The number of nitrogens with zero attached hydrogens (tertiary/aromatic N) is 4. The standard InChI is InChI=1S/C21H29N5O2S/c1-3-5-12-25-20(28)18(19(27)23-21(25)29)16(4-2)24-26-13-7-6-10-17(26)15-9-8-11-22-14-15/h8-9,11,14,17,28H,3-7,10,12-13H2,1-2H3,(H,23,27,29). The third-order valence-electron chi connectivity index (χ3n) is 5.32. The van der Waals surface area contributed by atoms with E-state index in [1.54, 1.807) is 10.8 Å². The van der Waals surface area contributed by atoms with Crippen LogP contribution in [0.3, 0.4) is 0 Å². The van der Waals surface area contributed by atoms with Gasteiger partial charge in [0.05, 0.1) is 11.8 Å². The van der Waals surface area contributed by atoms with Crippen LogP contribution in [-0.2, 0) is 6.54 Å². The summed E-state index contributed by atoms with van der Waals surface area (Å²) >= 11 is 5.26. The van der Waals surface area contributed by atoms with Crippen LogP contribution in [0.4, 0.5) is 0 Å². The molecule has 3 rings (SSSR count). The van der Waals surface area contributed by atoms with Gasteiger partial charge >= 0.3 is 0 Å². The van der Waals surface area contributed by atoms with Crippen molar-refractivity contribution in [2.24, 2.45) is 5.10 Å². The van der Waals surface area contributed by atoms with Crippen molar-refractivity contribution in [2.45, 2.75) is 65.0 Å². The van der Waals surface area contributed by atoms with Gasteiger partial charge in [-0.15, -0.1) is 0 Å². The second-order valence-electron chi connectivity index (χ2n) is 7.32. The third kappa shape index (κ3) is 4.75. The van der Waals surface area contributed by atoms with E-state index in [-0.39, 0.29) is 22.3 Å².